The van der Waals surface area contributed by atoms with Crippen LogP contribution < -0.4 is 0 Å². The standard InChI is InChI=1S/C13H23NO3/c1-4-17-13(16)11-6-5-7-14(9-11)12(15)8-10(2)3/h10-11H,4-9H2,1-3H3/t11-/m0/s1. The van der Waals surface area contributed by atoms with Crippen molar-refractivity contribution in [2.24, 2.45) is 11.8 Å². The summed E-state index contributed by atoms with van der Waals surface area (Å²) in [6.45, 7) is 7.60. The van der Waals surface area contributed by atoms with Gasteiger partial charge in [-0.1, -0.05) is 13.8 Å². The first kappa shape index (κ1) is 14.0. The van der Waals surface area contributed by atoms with Gasteiger partial charge in [-0.05, 0) is 25.7 Å². The number of amides is 1. The minimum Gasteiger partial charge on any atom is -0.466 e. The molecule has 1 atom stereocenters. The summed E-state index contributed by atoms with van der Waals surface area (Å²) < 4.78 is 5.01. The fourth-order valence-electron chi connectivity index (χ4n) is 2.13. The maximum atomic E-state index is 11.9. The molecule has 1 amide bonds. The molecule has 0 bridgehead atoms. The van der Waals surface area contributed by atoms with Gasteiger partial charge in [-0.3, -0.25) is 9.59 Å². The van der Waals surface area contributed by atoms with Crippen LogP contribution in [0.1, 0.15) is 40.0 Å². The summed E-state index contributed by atoms with van der Waals surface area (Å²) in [5.41, 5.74) is 0. The molecule has 0 radical (unpaired) electrons. The number of esters is 1. The highest BCUT2D eigenvalue weighted by atomic mass is 16.5. The van der Waals surface area contributed by atoms with E-state index in [0.717, 1.165) is 19.4 Å². The molecule has 1 rings (SSSR count). The van der Waals surface area contributed by atoms with E-state index in [9.17, 15) is 9.59 Å². The van der Waals surface area contributed by atoms with E-state index in [1.807, 2.05) is 25.7 Å². The first-order valence-electron chi connectivity index (χ1n) is 6.49. The molecule has 0 aromatic heterocycles. The number of nitrogens with zero attached hydrogens (tertiary/aromatic N) is 1. The van der Waals surface area contributed by atoms with Crippen LogP contribution in [0.5, 0.6) is 0 Å². The molecule has 1 heterocycles. The largest absolute Gasteiger partial charge is 0.466 e. The number of likely N-dealkylation sites (tertiary alicyclic amines) is 1. The van der Waals surface area contributed by atoms with Crippen LogP contribution in [-0.4, -0.2) is 36.5 Å². The first-order chi connectivity index (χ1) is 8.04. The Morgan fingerprint density at radius 3 is 2.71 bits per heavy atom. The fraction of sp³-hybridized carbons (Fsp3) is 0.846. The second-order valence-electron chi connectivity index (χ2n) is 5.03. The molecule has 0 aromatic carbocycles. The van der Waals surface area contributed by atoms with Crippen molar-refractivity contribution in [3.8, 4) is 0 Å². The smallest absolute Gasteiger partial charge is 0.310 e. The molecule has 0 spiro atoms. The van der Waals surface area contributed by atoms with Crippen LogP contribution in [0.3, 0.4) is 0 Å². The average Bonchev–Trinajstić information content (AvgIpc) is 2.28. The Bertz CT molecular complexity index is 276. The number of hydrogen-bond donors (Lipinski definition) is 0. The van der Waals surface area contributed by atoms with Crippen LogP contribution in [0, 0.1) is 11.8 Å². The van der Waals surface area contributed by atoms with Crippen LogP contribution in [0.25, 0.3) is 0 Å². The summed E-state index contributed by atoms with van der Waals surface area (Å²) in [7, 11) is 0. The number of carbonyl (C=O) groups excluding carboxylic acids is 2. The van der Waals surface area contributed by atoms with Gasteiger partial charge in [-0.25, -0.2) is 0 Å². The van der Waals surface area contributed by atoms with Gasteiger partial charge in [-0.2, -0.15) is 0 Å². The second-order valence-corrected chi connectivity index (χ2v) is 5.03. The number of piperidine rings is 1. The van der Waals surface area contributed by atoms with E-state index < -0.39 is 0 Å². The SMILES string of the molecule is CCOC(=O)[C@H]1CCCN(C(=O)CC(C)C)C1. The number of ether oxygens (including phenoxy) is 1. The Morgan fingerprint density at radius 2 is 2.12 bits per heavy atom. The zero-order valence-electron chi connectivity index (χ0n) is 11.1. The third-order valence-electron chi connectivity index (χ3n) is 2.98. The van der Waals surface area contributed by atoms with Gasteiger partial charge in [0.25, 0.3) is 0 Å². The van der Waals surface area contributed by atoms with E-state index in [4.69, 9.17) is 4.74 Å². The van der Waals surface area contributed by atoms with E-state index >= 15 is 0 Å². The minimum atomic E-state index is -0.158. The molecule has 1 aliphatic heterocycles. The van der Waals surface area contributed by atoms with Crippen LogP contribution in [0.4, 0.5) is 0 Å². The van der Waals surface area contributed by atoms with Crippen LogP contribution in [0.2, 0.25) is 0 Å². The van der Waals surface area contributed by atoms with Gasteiger partial charge >= 0.3 is 5.97 Å². The Morgan fingerprint density at radius 1 is 1.41 bits per heavy atom. The molecular weight excluding hydrogens is 218 g/mol. The molecular formula is C13H23NO3. The van der Waals surface area contributed by atoms with Gasteiger partial charge in [0.15, 0.2) is 0 Å². The van der Waals surface area contributed by atoms with Crippen LogP contribution >= 0.6 is 0 Å². The summed E-state index contributed by atoms with van der Waals surface area (Å²) in [6, 6.07) is 0. The third-order valence-corrected chi connectivity index (χ3v) is 2.98. The number of carbonyl (C=O) groups is 2. The summed E-state index contributed by atoms with van der Waals surface area (Å²) in [5.74, 6) is 0.244. The number of hydrogen-bond acceptors (Lipinski definition) is 3. The topological polar surface area (TPSA) is 46.6 Å². The summed E-state index contributed by atoms with van der Waals surface area (Å²) in [6.07, 6.45) is 2.30. The van der Waals surface area contributed by atoms with Gasteiger partial charge in [0.2, 0.25) is 5.91 Å². The molecule has 0 saturated carbocycles. The lowest BCUT2D eigenvalue weighted by atomic mass is 9.97. The molecule has 4 nitrogen and oxygen atoms in total. The molecule has 0 aromatic rings. The maximum absolute atomic E-state index is 11.9. The zero-order chi connectivity index (χ0) is 12.8. The normalized spacial score (nSPS) is 20.5. The van der Waals surface area contributed by atoms with Gasteiger partial charge < -0.3 is 9.64 Å². The van der Waals surface area contributed by atoms with Crippen molar-refractivity contribution in [2.45, 2.75) is 40.0 Å². The monoisotopic (exact) mass is 241 g/mol. The van der Waals surface area contributed by atoms with Gasteiger partial charge in [0.1, 0.15) is 0 Å². The first-order valence-corrected chi connectivity index (χ1v) is 6.49. The predicted octanol–water partition coefficient (Wildman–Crippen LogP) is 1.83. The highest BCUT2D eigenvalue weighted by molar-refractivity contribution is 5.78. The van der Waals surface area contributed by atoms with Gasteiger partial charge in [-0.15, -0.1) is 0 Å². The second kappa shape index (κ2) is 6.62. The minimum absolute atomic E-state index is 0.125. The van der Waals surface area contributed by atoms with Crippen molar-refractivity contribution in [1.82, 2.24) is 4.90 Å². The molecule has 1 aliphatic rings. The van der Waals surface area contributed by atoms with Crippen LogP contribution in [-0.2, 0) is 14.3 Å². The van der Waals surface area contributed by atoms with E-state index in [2.05, 4.69) is 0 Å². The summed E-state index contributed by atoms with van der Waals surface area (Å²) in [5, 5.41) is 0. The average molecular weight is 241 g/mol. The quantitative estimate of drug-likeness (QED) is 0.705. The highest BCUT2D eigenvalue weighted by Crippen LogP contribution is 2.19. The molecule has 4 heteroatoms. The molecule has 0 unspecified atom stereocenters. The summed E-state index contributed by atoms with van der Waals surface area (Å²) >= 11 is 0. The molecule has 0 aliphatic carbocycles. The lowest BCUT2D eigenvalue weighted by Gasteiger charge is -2.32. The van der Waals surface area contributed by atoms with Crippen molar-refractivity contribution in [3.05, 3.63) is 0 Å². The summed E-state index contributed by atoms with van der Waals surface area (Å²) in [4.78, 5) is 25.3. The lowest BCUT2D eigenvalue weighted by molar-refractivity contribution is -0.151. The molecule has 98 valence electrons. The van der Waals surface area contributed by atoms with Crippen LogP contribution in [0.15, 0.2) is 0 Å². The highest BCUT2D eigenvalue weighted by Gasteiger charge is 2.29. The molecule has 17 heavy (non-hydrogen) atoms. The van der Waals surface area contributed by atoms with E-state index in [1.165, 1.54) is 0 Å². The van der Waals surface area contributed by atoms with E-state index in [1.54, 1.807) is 0 Å². The van der Waals surface area contributed by atoms with Crippen molar-refractivity contribution < 1.29 is 14.3 Å². The Labute approximate surface area is 103 Å². The van der Waals surface area contributed by atoms with Crippen molar-refractivity contribution in [3.63, 3.8) is 0 Å². The lowest BCUT2D eigenvalue weighted by Crippen LogP contribution is -2.43. The Balaban J connectivity index is 2.48. The van der Waals surface area contributed by atoms with Crippen molar-refractivity contribution >= 4 is 11.9 Å². The Kier molecular flexibility index (Phi) is 5.45. The van der Waals surface area contributed by atoms with E-state index in [0.29, 0.717) is 25.5 Å². The number of rotatable bonds is 4. The predicted molar refractivity (Wildman–Crippen MR) is 65.4 cm³/mol. The molecule has 1 fully saturated rings. The van der Waals surface area contributed by atoms with Gasteiger partial charge in [0.05, 0.1) is 12.5 Å². The zero-order valence-corrected chi connectivity index (χ0v) is 11.1. The fourth-order valence-corrected chi connectivity index (χ4v) is 2.13. The van der Waals surface area contributed by atoms with Crippen molar-refractivity contribution in [1.29, 1.82) is 0 Å². The maximum Gasteiger partial charge on any atom is 0.310 e. The van der Waals surface area contributed by atoms with E-state index in [-0.39, 0.29) is 17.8 Å². The molecule has 1 saturated heterocycles. The Hall–Kier alpha value is -1.06. The van der Waals surface area contributed by atoms with Crippen molar-refractivity contribution in [2.75, 3.05) is 19.7 Å². The van der Waals surface area contributed by atoms with Gasteiger partial charge in [0, 0.05) is 19.5 Å². The third kappa shape index (κ3) is 4.36. The molecule has 0 N–H and O–H groups in total.